The highest BCUT2D eigenvalue weighted by atomic mass is 35.5. The number of amides is 1. The second kappa shape index (κ2) is 9.14. The summed E-state index contributed by atoms with van der Waals surface area (Å²) in [5, 5.41) is 11.0. The van der Waals surface area contributed by atoms with Crippen LogP contribution < -0.4 is 10.6 Å². The monoisotopic (exact) mass is 396 g/mol. The molecule has 0 atom stereocenters. The largest absolute Gasteiger partial charge is 0.368 e. The second-order valence-electron chi connectivity index (χ2n) is 6.17. The molecule has 2 N–H and O–H groups in total. The van der Waals surface area contributed by atoms with Gasteiger partial charge in [0.15, 0.2) is 5.82 Å². The van der Waals surface area contributed by atoms with Gasteiger partial charge in [-0.05, 0) is 37.6 Å². The van der Waals surface area contributed by atoms with Gasteiger partial charge >= 0.3 is 0 Å². The highest BCUT2D eigenvalue weighted by Crippen LogP contribution is 2.16. The molecule has 0 radical (unpaired) electrons. The van der Waals surface area contributed by atoms with Gasteiger partial charge in [0.1, 0.15) is 12.1 Å². The molecular formula is C20H21ClN6O. The van der Waals surface area contributed by atoms with Crippen molar-refractivity contribution in [3.63, 3.8) is 0 Å². The Morgan fingerprint density at radius 3 is 2.75 bits per heavy atom. The molecule has 1 amide bonds. The third-order valence-electron chi connectivity index (χ3n) is 3.93. The van der Waals surface area contributed by atoms with Gasteiger partial charge in [-0.25, -0.2) is 14.6 Å². The van der Waals surface area contributed by atoms with Crippen LogP contribution in [0.3, 0.4) is 0 Å². The number of anilines is 1. The lowest BCUT2D eigenvalue weighted by Crippen LogP contribution is -2.27. The van der Waals surface area contributed by atoms with Crippen LogP contribution in [0.25, 0.3) is 11.9 Å². The van der Waals surface area contributed by atoms with E-state index in [1.807, 2.05) is 44.2 Å². The minimum absolute atomic E-state index is 0.187. The highest BCUT2D eigenvalue weighted by Gasteiger charge is 2.06. The molecule has 0 spiro atoms. The SMILES string of the molecule is Cc1cc(C)n(-c2cc(NCCNC(=O)/C=C/c3ccccc3Cl)ncn2)n1. The van der Waals surface area contributed by atoms with Crippen LogP contribution in [0.2, 0.25) is 5.02 Å². The molecule has 0 saturated heterocycles. The number of carbonyl (C=O) groups excluding carboxylic acids is 1. The van der Waals surface area contributed by atoms with E-state index in [4.69, 9.17) is 11.6 Å². The lowest BCUT2D eigenvalue weighted by Gasteiger charge is -2.08. The third-order valence-corrected chi connectivity index (χ3v) is 4.27. The van der Waals surface area contributed by atoms with E-state index in [0.717, 1.165) is 17.0 Å². The predicted molar refractivity (Wildman–Crippen MR) is 111 cm³/mol. The second-order valence-corrected chi connectivity index (χ2v) is 6.58. The summed E-state index contributed by atoms with van der Waals surface area (Å²) < 4.78 is 1.77. The maximum Gasteiger partial charge on any atom is 0.244 e. The molecule has 0 aliphatic heterocycles. The highest BCUT2D eigenvalue weighted by molar-refractivity contribution is 6.32. The van der Waals surface area contributed by atoms with Crippen LogP contribution in [-0.4, -0.2) is 38.7 Å². The first-order valence-corrected chi connectivity index (χ1v) is 9.21. The molecule has 0 saturated carbocycles. The minimum Gasteiger partial charge on any atom is -0.368 e. The number of halogens is 1. The molecule has 0 bridgehead atoms. The number of hydrogen-bond donors (Lipinski definition) is 2. The number of nitrogens with zero attached hydrogens (tertiary/aromatic N) is 4. The van der Waals surface area contributed by atoms with Crippen molar-refractivity contribution in [2.24, 2.45) is 0 Å². The van der Waals surface area contributed by atoms with Crippen molar-refractivity contribution < 1.29 is 4.79 Å². The topological polar surface area (TPSA) is 84.7 Å². The zero-order valence-corrected chi connectivity index (χ0v) is 16.4. The van der Waals surface area contributed by atoms with Crippen LogP contribution in [0.4, 0.5) is 5.82 Å². The third kappa shape index (κ3) is 5.17. The molecule has 1 aromatic carbocycles. The minimum atomic E-state index is -0.187. The normalized spacial score (nSPS) is 11.0. The standard InChI is InChI=1S/C20H21ClN6O/c1-14-11-15(2)27(26-14)19-12-18(24-13-25-19)22-9-10-23-20(28)8-7-16-5-3-4-6-17(16)21/h3-8,11-13H,9-10H2,1-2H3,(H,23,28)(H,22,24,25)/b8-7+. The maximum atomic E-state index is 11.9. The number of nitrogens with one attached hydrogen (secondary N) is 2. The number of rotatable bonds is 7. The molecule has 0 fully saturated rings. The molecule has 0 unspecified atom stereocenters. The molecule has 28 heavy (non-hydrogen) atoms. The zero-order valence-electron chi connectivity index (χ0n) is 15.7. The summed E-state index contributed by atoms with van der Waals surface area (Å²) in [5.41, 5.74) is 2.73. The number of carbonyl (C=O) groups is 1. The molecule has 0 aliphatic carbocycles. The van der Waals surface area contributed by atoms with E-state index in [-0.39, 0.29) is 5.91 Å². The van der Waals surface area contributed by atoms with E-state index in [2.05, 4.69) is 25.7 Å². The first kappa shape index (κ1) is 19.6. The van der Waals surface area contributed by atoms with Crippen LogP contribution >= 0.6 is 11.6 Å². The Morgan fingerprint density at radius 1 is 1.18 bits per heavy atom. The first-order chi connectivity index (χ1) is 13.5. The Balaban J connectivity index is 1.49. The van der Waals surface area contributed by atoms with E-state index in [1.165, 1.54) is 12.4 Å². The number of aromatic nitrogens is 4. The molecular weight excluding hydrogens is 376 g/mol. The summed E-state index contributed by atoms with van der Waals surface area (Å²) in [4.78, 5) is 20.4. The fraction of sp³-hybridized carbons (Fsp3) is 0.200. The molecule has 3 rings (SSSR count). The summed E-state index contributed by atoms with van der Waals surface area (Å²) in [6.07, 6.45) is 4.64. The Morgan fingerprint density at radius 2 is 2.00 bits per heavy atom. The molecule has 7 nitrogen and oxygen atoms in total. The Kier molecular flexibility index (Phi) is 6.39. The average Bonchev–Trinajstić information content (AvgIpc) is 3.03. The summed E-state index contributed by atoms with van der Waals surface area (Å²) in [6, 6.07) is 11.2. The van der Waals surface area contributed by atoms with E-state index in [0.29, 0.717) is 29.7 Å². The summed E-state index contributed by atoms with van der Waals surface area (Å²) in [5.74, 6) is 1.17. The van der Waals surface area contributed by atoms with Crippen molar-refractivity contribution in [3.05, 3.63) is 70.8 Å². The summed E-state index contributed by atoms with van der Waals surface area (Å²) >= 11 is 6.06. The molecule has 2 heterocycles. The Labute approximate surface area is 168 Å². The van der Waals surface area contributed by atoms with E-state index >= 15 is 0 Å². The van der Waals surface area contributed by atoms with Gasteiger partial charge in [-0.3, -0.25) is 4.79 Å². The predicted octanol–water partition coefficient (Wildman–Crippen LogP) is 3.17. The van der Waals surface area contributed by atoms with E-state index < -0.39 is 0 Å². The van der Waals surface area contributed by atoms with Gasteiger partial charge in [0.05, 0.1) is 5.69 Å². The molecule has 8 heteroatoms. The van der Waals surface area contributed by atoms with Crippen LogP contribution in [0.15, 0.2) is 48.8 Å². The fourth-order valence-corrected chi connectivity index (χ4v) is 2.83. The van der Waals surface area contributed by atoms with Crippen molar-refractivity contribution >= 4 is 29.4 Å². The van der Waals surface area contributed by atoms with Crippen LogP contribution in [0.5, 0.6) is 0 Å². The van der Waals surface area contributed by atoms with Crippen LogP contribution in [0.1, 0.15) is 17.0 Å². The smallest absolute Gasteiger partial charge is 0.244 e. The van der Waals surface area contributed by atoms with Gasteiger partial charge < -0.3 is 10.6 Å². The first-order valence-electron chi connectivity index (χ1n) is 8.83. The Hall–Kier alpha value is -3.19. The molecule has 0 aliphatic rings. The lowest BCUT2D eigenvalue weighted by atomic mass is 10.2. The van der Waals surface area contributed by atoms with Crippen molar-refractivity contribution in [2.75, 3.05) is 18.4 Å². The van der Waals surface area contributed by atoms with Crippen molar-refractivity contribution in [2.45, 2.75) is 13.8 Å². The number of hydrogen-bond acceptors (Lipinski definition) is 5. The molecule has 144 valence electrons. The van der Waals surface area contributed by atoms with Gasteiger partial charge in [0, 0.05) is 35.9 Å². The van der Waals surface area contributed by atoms with Gasteiger partial charge in [-0.2, -0.15) is 5.10 Å². The summed E-state index contributed by atoms with van der Waals surface area (Å²) in [7, 11) is 0. The Bertz CT molecular complexity index is 998. The average molecular weight is 397 g/mol. The lowest BCUT2D eigenvalue weighted by molar-refractivity contribution is -0.116. The molecule has 3 aromatic rings. The van der Waals surface area contributed by atoms with E-state index in [9.17, 15) is 4.79 Å². The van der Waals surface area contributed by atoms with Gasteiger partial charge in [0.2, 0.25) is 5.91 Å². The zero-order chi connectivity index (χ0) is 19.9. The van der Waals surface area contributed by atoms with Crippen molar-refractivity contribution in [1.29, 1.82) is 0 Å². The number of aryl methyl sites for hydroxylation is 2. The fourth-order valence-electron chi connectivity index (χ4n) is 2.63. The van der Waals surface area contributed by atoms with Gasteiger partial charge in [0.25, 0.3) is 0 Å². The molecule has 2 aromatic heterocycles. The summed E-state index contributed by atoms with van der Waals surface area (Å²) in [6.45, 7) is 4.89. The van der Waals surface area contributed by atoms with Crippen LogP contribution in [0, 0.1) is 13.8 Å². The quantitative estimate of drug-likeness (QED) is 0.473. The van der Waals surface area contributed by atoms with Crippen LogP contribution in [-0.2, 0) is 4.79 Å². The van der Waals surface area contributed by atoms with Crippen molar-refractivity contribution in [1.82, 2.24) is 25.1 Å². The maximum absolute atomic E-state index is 11.9. The van der Waals surface area contributed by atoms with Gasteiger partial charge in [-0.1, -0.05) is 29.8 Å². The van der Waals surface area contributed by atoms with Crippen molar-refractivity contribution in [3.8, 4) is 5.82 Å². The van der Waals surface area contributed by atoms with Gasteiger partial charge in [-0.15, -0.1) is 0 Å². The number of benzene rings is 1. The van der Waals surface area contributed by atoms with E-state index in [1.54, 1.807) is 16.8 Å².